The molecule has 1 aromatic carbocycles. The van der Waals surface area contributed by atoms with Gasteiger partial charge in [0.25, 0.3) is 0 Å². The number of rotatable bonds is 1. The van der Waals surface area contributed by atoms with Crippen LogP contribution in [0.5, 0.6) is 0 Å². The van der Waals surface area contributed by atoms with E-state index in [0.717, 1.165) is 5.57 Å². The minimum absolute atomic E-state index is 0. The van der Waals surface area contributed by atoms with Crippen LogP contribution in [0, 0.1) is 0 Å². The van der Waals surface area contributed by atoms with Crippen LogP contribution in [0.4, 0.5) is 0 Å². The van der Waals surface area contributed by atoms with Crippen LogP contribution in [0.3, 0.4) is 0 Å². The van der Waals surface area contributed by atoms with Crippen molar-refractivity contribution < 1.29 is 0 Å². The first-order valence-electron chi connectivity index (χ1n) is 3.01. The maximum absolute atomic E-state index is 3.83. The predicted molar refractivity (Wildman–Crippen MR) is 46.9 cm³/mol. The van der Waals surface area contributed by atoms with Gasteiger partial charge in [-0.25, -0.2) is 0 Å². The number of benzene rings is 1. The summed E-state index contributed by atoms with van der Waals surface area (Å²) in [4.78, 5) is 0. The van der Waals surface area contributed by atoms with Crippen molar-refractivity contribution in [1.82, 2.24) is 0 Å². The fourth-order valence-electron chi connectivity index (χ4n) is 0.723. The first kappa shape index (κ1) is 9.56. The molecule has 0 aliphatic rings. The third-order valence-electron chi connectivity index (χ3n) is 1.27. The summed E-state index contributed by atoms with van der Waals surface area (Å²) >= 11 is 0. The standard InChI is InChI=1S/C9H10.Li/c1-8(2)9-6-4-3-5-7-9;/h3-7H,1H2,2H3;. The monoisotopic (exact) mass is 125 g/mol. The van der Waals surface area contributed by atoms with Crippen molar-refractivity contribution in [3.63, 3.8) is 0 Å². The minimum Gasteiger partial charge on any atom is -0.0955 e. The Labute approximate surface area is 74.1 Å². The van der Waals surface area contributed by atoms with Gasteiger partial charge in [0.15, 0.2) is 0 Å². The summed E-state index contributed by atoms with van der Waals surface area (Å²) in [5.41, 5.74) is 2.34. The molecule has 0 fully saturated rings. The second kappa shape index (κ2) is 4.39. The second-order valence-electron chi connectivity index (χ2n) is 2.15. The van der Waals surface area contributed by atoms with Crippen LogP contribution in [0.25, 0.3) is 5.57 Å². The molecule has 10 heavy (non-hydrogen) atoms. The molecule has 1 rings (SSSR count). The Balaban J connectivity index is 0.000000810. The first-order chi connectivity index (χ1) is 4.30. The van der Waals surface area contributed by atoms with Gasteiger partial charge in [-0.15, -0.1) is 0 Å². The normalized spacial score (nSPS) is 8.10. The molecule has 0 N–H and O–H groups in total. The van der Waals surface area contributed by atoms with Gasteiger partial charge in [0.05, 0.1) is 0 Å². The van der Waals surface area contributed by atoms with Gasteiger partial charge in [0, 0.05) is 18.9 Å². The van der Waals surface area contributed by atoms with Crippen LogP contribution in [-0.2, 0) is 0 Å². The van der Waals surface area contributed by atoms with Gasteiger partial charge in [-0.1, -0.05) is 42.5 Å². The first-order valence-corrected chi connectivity index (χ1v) is 3.01. The van der Waals surface area contributed by atoms with Crippen LogP contribution in [-0.4, -0.2) is 18.9 Å². The zero-order valence-corrected chi connectivity index (χ0v) is 6.59. The summed E-state index contributed by atoms with van der Waals surface area (Å²) in [6, 6.07) is 10.2. The van der Waals surface area contributed by atoms with Gasteiger partial charge >= 0.3 is 0 Å². The molecule has 0 saturated carbocycles. The summed E-state index contributed by atoms with van der Waals surface area (Å²) in [5.74, 6) is 0. The third kappa shape index (κ3) is 2.43. The summed E-state index contributed by atoms with van der Waals surface area (Å²) < 4.78 is 0. The Kier molecular flexibility index (Phi) is 4.19. The average Bonchev–Trinajstić information content (AvgIpc) is 1.90. The van der Waals surface area contributed by atoms with Crippen LogP contribution < -0.4 is 0 Å². The molecule has 0 spiro atoms. The maximum atomic E-state index is 3.83. The molecule has 47 valence electrons. The van der Waals surface area contributed by atoms with E-state index in [4.69, 9.17) is 0 Å². The van der Waals surface area contributed by atoms with Crippen molar-refractivity contribution in [3.05, 3.63) is 42.5 Å². The smallest absolute Gasteiger partial charge is 0 e. The van der Waals surface area contributed by atoms with Gasteiger partial charge in [-0.3, -0.25) is 0 Å². The molecule has 0 aliphatic heterocycles. The molecule has 1 radical (unpaired) electrons. The van der Waals surface area contributed by atoms with E-state index in [1.165, 1.54) is 5.56 Å². The number of hydrogen-bond donors (Lipinski definition) is 0. The van der Waals surface area contributed by atoms with Crippen molar-refractivity contribution in [2.45, 2.75) is 6.92 Å². The predicted octanol–water partition coefficient (Wildman–Crippen LogP) is 2.34. The van der Waals surface area contributed by atoms with Crippen molar-refractivity contribution in [1.29, 1.82) is 0 Å². The van der Waals surface area contributed by atoms with E-state index < -0.39 is 0 Å². The van der Waals surface area contributed by atoms with Crippen molar-refractivity contribution in [2.24, 2.45) is 0 Å². The molecular weight excluding hydrogens is 115 g/mol. The van der Waals surface area contributed by atoms with Crippen molar-refractivity contribution in [2.75, 3.05) is 0 Å². The van der Waals surface area contributed by atoms with E-state index in [1.807, 2.05) is 25.1 Å². The maximum Gasteiger partial charge on any atom is 0 e. The molecule has 0 saturated heterocycles. The summed E-state index contributed by atoms with van der Waals surface area (Å²) in [6.07, 6.45) is 0. The largest absolute Gasteiger partial charge is 0.0955 e. The Morgan fingerprint density at radius 3 is 2.00 bits per heavy atom. The Hall–Kier alpha value is -0.443. The SMILES string of the molecule is C=C(C)c1ccccc1.[Li]. The van der Waals surface area contributed by atoms with Gasteiger partial charge in [-0.05, 0) is 12.5 Å². The number of allylic oxidation sites excluding steroid dienone is 1. The fraction of sp³-hybridized carbons (Fsp3) is 0.111. The summed E-state index contributed by atoms with van der Waals surface area (Å²) in [7, 11) is 0. The van der Waals surface area contributed by atoms with Crippen molar-refractivity contribution >= 4 is 24.4 Å². The van der Waals surface area contributed by atoms with Gasteiger partial charge in [0.2, 0.25) is 0 Å². The molecule has 0 atom stereocenters. The quantitative estimate of drug-likeness (QED) is 0.505. The molecule has 0 unspecified atom stereocenters. The molecule has 0 amide bonds. The molecule has 0 nitrogen and oxygen atoms in total. The van der Waals surface area contributed by atoms with E-state index in [0.29, 0.717) is 0 Å². The molecular formula is C9H10Li. The van der Waals surface area contributed by atoms with E-state index >= 15 is 0 Å². The molecule has 0 bridgehead atoms. The van der Waals surface area contributed by atoms with E-state index in [9.17, 15) is 0 Å². The molecule has 0 aliphatic carbocycles. The average molecular weight is 125 g/mol. The minimum atomic E-state index is 0. The van der Waals surface area contributed by atoms with E-state index in [2.05, 4.69) is 18.7 Å². The summed E-state index contributed by atoms with van der Waals surface area (Å²) in [5, 5.41) is 0. The summed E-state index contributed by atoms with van der Waals surface area (Å²) in [6.45, 7) is 5.83. The topological polar surface area (TPSA) is 0 Å². The molecule has 0 aromatic heterocycles. The van der Waals surface area contributed by atoms with Gasteiger partial charge in [0.1, 0.15) is 0 Å². The number of hydrogen-bond acceptors (Lipinski definition) is 0. The van der Waals surface area contributed by atoms with Crippen molar-refractivity contribution in [3.8, 4) is 0 Å². The van der Waals surface area contributed by atoms with Crippen LogP contribution in [0.2, 0.25) is 0 Å². The molecule has 0 heterocycles. The van der Waals surface area contributed by atoms with Crippen LogP contribution in [0.15, 0.2) is 36.9 Å². The third-order valence-corrected chi connectivity index (χ3v) is 1.27. The Morgan fingerprint density at radius 2 is 1.70 bits per heavy atom. The van der Waals surface area contributed by atoms with Crippen LogP contribution >= 0.6 is 0 Å². The van der Waals surface area contributed by atoms with Crippen LogP contribution in [0.1, 0.15) is 12.5 Å². The van der Waals surface area contributed by atoms with Gasteiger partial charge < -0.3 is 0 Å². The van der Waals surface area contributed by atoms with Gasteiger partial charge in [-0.2, -0.15) is 0 Å². The molecule has 1 aromatic rings. The second-order valence-corrected chi connectivity index (χ2v) is 2.15. The van der Waals surface area contributed by atoms with E-state index in [1.54, 1.807) is 0 Å². The van der Waals surface area contributed by atoms with E-state index in [-0.39, 0.29) is 18.9 Å². The zero-order chi connectivity index (χ0) is 6.69. The zero-order valence-electron chi connectivity index (χ0n) is 6.59. The Morgan fingerprint density at radius 1 is 1.20 bits per heavy atom. The molecule has 1 heteroatoms. The fourth-order valence-corrected chi connectivity index (χ4v) is 0.723. The Bertz CT molecular complexity index is 201.